The largest absolute Gasteiger partial charge is 0.496 e. The number of rotatable bonds is 5. The molecule has 1 N–H and O–H groups in total. The van der Waals surface area contributed by atoms with Gasteiger partial charge in [-0.15, -0.1) is 0 Å². The standard InChI is InChI=1S/C13H12O4S/c1-16-10-5-3-2-4-9(10)8-18-12-7-6-11(17-12)13(14)15/h2-7H,8H2,1H3,(H,14,15). The summed E-state index contributed by atoms with van der Waals surface area (Å²) in [6.45, 7) is 0. The Bertz CT molecular complexity index is 547. The van der Waals surface area contributed by atoms with E-state index in [-0.39, 0.29) is 5.76 Å². The van der Waals surface area contributed by atoms with Crippen LogP contribution >= 0.6 is 11.8 Å². The van der Waals surface area contributed by atoms with Crippen LogP contribution in [0.5, 0.6) is 5.75 Å². The number of carboxylic acid groups (broad SMARTS) is 1. The summed E-state index contributed by atoms with van der Waals surface area (Å²) in [5.41, 5.74) is 1.04. The monoisotopic (exact) mass is 264 g/mol. The molecule has 0 aliphatic carbocycles. The van der Waals surface area contributed by atoms with Crippen LogP contribution in [0.2, 0.25) is 0 Å². The van der Waals surface area contributed by atoms with Crippen LogP contribution in [0.1, 0.15) is 16.1 Å². The quantitative estimate of drug-likeness (QED) is 0.840. The van der Waals surface area contributed by atoms with E-state index in [1.807, 2.05) is 24.3 Å². The maximum atomic E-state index is 10.7. The molecule has 0 amide bonds. The fourth-order valence-corrected chi connectivity index (χ4v) is 2.33. The van der Waals surface area contributed by atoms with E-state index in [0.717, 1.165) is 11.3 Å². The van der Waals surface area contributed by atoms with Gasteiger partial charge in [-0.1, -0.05) is 30.0 Å². The normalized spacial score (nSPS) is 10.3. The smallest absolute Gasteiger partial charge is 0.371 e. The lowest BCUT2D eigenvalue weighted by Gasteiger charge is -2.06. The number of carboxylic acids is 1. The number of methoxy groups -OCH3 is 1. The molecule has 2 rings (SSSR count). The van der Waals surface area contributed by atoms with Crippen molar-refractivity contribution in [1.82, 2.24) is 0 Å². The highest BCUT2D eigenvalue weighted by Crippen LogP contribution is 2.28. The fourth-order valence-electron chi connectivity index (χ4n) is 1.48. The van der Waals surface area contributed by atoms with Crippen LogP contribution in [-0.4, -0.2) is 18.2 Å². The molecule has 0 bridgehead atoms. The third-order valence-corrected chi connectivity index (χ3v) is 3.31. The lowest BCUT2D eigenvalue weighted by atomic mass is 10.2. The van der Waals surface area contributed by atoms with Gasteiger partial charge in [0.2, 0.25) is 5.76 Å². The molecule has 0 unspecified atom stereocenters. The maximum Gasteiger partial charge on any atom is 0.371 e. The van der Waals surface area contributed by atoms with Gasteiger partial charge in [-0.2, -0.15) is 0 Å². The first-order valence-electron chi connectivity index (χ1n) is 5.28. The number of ether oxygens (including phenoxy) is 1. The number of thioether (sulfide) groups is 1. The van der Waals surface area contributed by atoms with Gasteiger partial charge in [0.15, 0.2) is 5.09 Å². The lowest BCUT2D eigenvalue weighted by Crippen LogP contribution is -1.91. The van der Waals surface area contributed by atoms with Crippen LogP contribution in [0, 0.1) is 0 Å². The van der Waals surface area contributed by atoms with Gasteiger partial charge >= 0.3 is 5.97 Å². The summed E-state index contributed by atoms with van der Waals surface area (Å²) >= 11 is 1.43. The third kappa shape index (κ3) is 2.87. The Balaban J connectivity index is 2.04. The molecule has 0 radical (unpaired) electrons. The average Bonchev–Trinajstić information content (AvgIpc) is 2.85. The molecule has 0 atom stereocenters. The van der Waals surface area contributed by atoms with Crippen molar-refractivity contribution >= 4 is 17.7 Å². The minimum absolute atomic E-state index is 0.0440. The number of furan rings is 1. The van der Waals surface area contributed by atoms with Gasteiger partial charge in [0, 0.05) is 11.3 Å². The Morgan fingerprint density at radius 3 is 2.78 bits per heavy atom. The first-order chi connectivity index (χ1) is 8.70. The van der Waals surface area contributed by atoms with Crippen LogP contribution < -0.4 is 4.74 Å². The van der Waals surface area contributed by atoms with E-state index in [1.165, 1.54) is 17.8 Å². The zero-order valence-electron chi connectivity index (χ0n) is 9.75. The molecular weight excluding hydrogens is 252 g/mol. The van der Waals surface area contributed by atoms with E-state index in [1.54, 1.807) is 13.2 Å². The second-order valence-corrected chi connectivity index (χ2v) is 4.50. The molecule has 1 aromatic heterocycles. The number of carbonyl (C=O) groups is 1. The number of aromatic carboxylic acids is 1. The van der Waals surface area contributed by atoms with Crippen LogP contribution in [0.4, 0.5) is 0 Å². The minimum atomic E-state index is -1.06. The highest BCUT2D eigenvalue weighted by Gasteiger charge is 2.10. The van der Waals surface area contributed by atoms with Crippen LogP contribution in [0.25, 0.3) is 0 Å². The van der Waals surface area contributed by atoms with Crippen molar-refractivity contribution < 1.29 is 19.1 Å². The predicted octanol–water partition coefficient (Wildman–Crippen LogP) is 3.28. The van der Waals surface area contributed by atoms with Gasteiger partial charge in [0.05, 0.1) is 7.11 Å². The third-order valence-electron chi connectivity index (χ3n) is 2.35. The highest BCUT2D eigenvalue weighted by atomic mass is 32.2. The average molecular weight is 264 g/mol. The molecular formula is C13H12O4S. The fraction of sp³-hybridized carbons (Fsp3) is 0.154. The first kappa shape index (κ1) is 12.6. The number of hydrogen-bond donors (Lipinski definition) is 1. The summed E-state index contributed by atoms with van der Waals surface area (Å²) in [6, 6.07) is 10.8. The van der Waals surface area contributed by atoms with E-state index in [9.17, 15) is 4.79 Å². The van der Waals surface area contributed by atoms with Gasteiger partial charge < -0.3 is 14.3 Å². The Hall–Kier alpha value is -1.88. The van der Waals surface area contributed by atoms with Crippen molar-refractivity contribution in [3.05, 3.63) is 47.7 Å². The van der Waals surface area contributed by atoms with Crippen molar-refractivity contribution in [2.75, 3.05) is 7.11 Å². The Kier molecular flexibility index (Phi) is 3.94. The van der Waals surface area contributed by atoms with E-state index < -0.39 is 5.97 Å². The van der Waals surface area contributed by atoms with E-state index >= 15 is 0 Å². The minimum Gasteiger partial charge on any atom is -0.496 e. The second-order valence-electron chi connectivity index (χ2n) is 3.52. The second kappa shape index (κ2) is 5.64. The topological polar surface area (TPSA) is 59.7 Å². The summed E-state index contributed by atoms with van der Waals surface area (Å²) < 4.78 is 10.4. The Labute approximate surface area is 109 Å². The molecule has 0 fully saturated rings. The molecule has 1 aromatic carbocycles. The molecule has 0 saturated heterocycles. The highest BCUT2D eigenvalue weighted by molar-refractivity contribution is 7.98. The van der Waals surface area contributed by atoms with E-state index in [0.29, 0.717) is 10.8 Å². The van der Waals surface area contributed by atoms with Crippen LogP contribution in [0.15, 0.2) is 45.9 Å². The van der Waals surface area contributed by atoms with Crippen molar-refractivity contribution in [2.45, 2.75) is 10.8 Å². The van der Waals surface area contributed by atoms with Gasteiger partial charge in [0.25, 0.3) is 0 Å². The van der Waals surface area contributed by atoms with Crippen molar-refractivity contribution in [2.24, 2.45) is 0 Å². The molecule has 1 heterocycles. The Morgan fingerprint density at radius 1 is 1.33 bits per heavy atom. The van der Waals surface area contributed by atoms with Crippen LogP contribution in [-0.2, 0) is 5.75 Å². The molecule has 4 nitrogen and oxygen atoms in total. The zero-order chi connectivity index (χ0) is 13.0. The molecule has 2 aromatic rings. The van der Waals surface area contributed by atoms with Crippen LogP contribution in [0.3, 0.4) is 0 Å². The van der Waals surface area contributed by atoms with Gasteiger partial charge in [-0.3, -0.25) is 0 Å². The summed E-state index contributed by atoms with van der Waals surface area (Å²) in [4.78, 5) is 10.7. The number of para-hydroxylation sites is 1. The maximum absolute atomic E-state index is 10.7. The van der Waals surface area contributed by atoms with E-state index in [2.05, 4.69) is 0 Å². The Morgan fingerprint density at radius 2 is 2.11 bits per heavy atom. The van der Waals surface area contributed by atoms with Crippen molar-refractivity contribution in [3.8, 4) is 5.75 Å². The predicted molar refractivity (Wildman–Crippen MR) is 68.2 cm³/mol. The van der Waals surface area contributed by atoms with E-state index in [4.69, 9.17) is 14.3 Å². The first-order valence-corrected chi connectivity index (χ1v) is 6.27. The van der Waals surface area contributed by atoms with Crippen molar-refractivity contribution in [1.29, 1.82) is 0 Å². The van der Waals surface area contributed by atoms with Gasteiger partial charge in [0.1, 0.15) is 5.75 Å². The summed E-state index contributed by atoms with van der Waals surface area (Å²) in [6.07, 6.45) is 0. The number of benzene rings is 1. The molecule has 5 heteroatoms. The molecule has 0 spiro atoms. The molecule has 18 heavy (non-hydrogen) atoms. The van der Waals surface area contributed by atoms with Gasteiger partial charge in [-0.25, -0.2) is 4.79 Å². The summed E-state index contributed by atoms with van der Waals surface area (Å²) in [5, 5.41) is 9.32. The zero-order valence-corrected chi connectivity index (χ0v) is 10.6. The molecule has 0 aliphatic heterocycles. The van der Waals surface area contributed by atoms with Gasteiger partial charge in [-0.05, 0) is 18.2 Å². The summed E-state index contributed by atoms with van der Waals surface area (Å²) in [5.74, 6) is 0.378. The molecule has 0 aliphatic rings. The SMILES string of the molecule is COc1ccccc1CSc1ccc(C(=O)O)o1. The molecule has 0 saturated carbocycles. The van der Waals surface area contributed by atoms with Crippen molar-refractivity contribution in [3.63, 3.8) is 0 Å². The lowest BCUT2D eigenvalue weighted by molar-refractivity contribution is 0.0656. The number of hydrogen-bond acceptors (Lipinski definition) is 4. The summed E-state index contributed by atoms with van der Waals surface area (Å²) in [7, 11) is 1.62. The molecule has 94 valence electrons.